The summed E-state index contributed by atoms with van der Waals surface area (Å²) in [6.07, 6.45) is 3.95. The van der Waals surface area contributed by atoms with E-state index in [1.165, 1.54) is 0 Å². The summed E-state index contributed by atoms with van der Waals surface area (Å²) in [5.41, 5.74) is -0.688. The SMILES string of the molecule is C[C@@H](OC(=O)C12C[C@@H]3C[C@@H](CC(O)(C3)C1)C2)C(=O)N(Cc1ccccc1)C(C)(C)C. The molecule has 4 bridgehead atoms. The van der Waals surface area contributed by atoms with E-state index in [4.69, 9.17) is 4.74 Å². The van der Waals surface area contributed by atoms with Gasteiger partial charge in [-0.25, -0.2) is 0 Å². The van der Waals surface area contributed by atoms with Crippen LogP contribution in [-0.4, -0.2) is 39.1 Å². The third-order valence-corrected chi connectivity index (χ3v) is 7.35. The molecule has 0 aliphatic heterocycles. The Morgan fingerprint density at radius 1 is 1.13 bits per heavy atom. The summed E-state index contributed by atoms with van der Waals surface area (Å²) in [7, 11) is 0. The number of hydrogen-bond acceptors (Lipinski definition) is 4. The van der Waals surface area contributed by atoms with E-state index in [1.54, 1.807) is 11.8 Å². The highest BCUT2D eigenvalue weighted by Gasteiger charge is 2.61. The van der Waals surface area contributed by atoms with Crippen molar-refractivity contribution in [3.8, 4) is 0 Å². The Bertz CT molecular complexity index is 798. The van der Waals surface area contributed by atoms with Crippen molar-refractivity contribution in [2.75, 3.05) is 0 Å². The first-order chi connectivity index (χ1) is 14.0. The van der Waals surface area contributed by atoms with Gasteiger partial charge in [-0.1, -0.05) is 30.3 Å². The average molecular weight is 414 g/mol. The number of carbonyl (C=O) groups excluding carboxylic acids is 2. The maximum absolute atomic E-state index is 13.3. The van der Waals surface area contributed by atoms with Gasteiger partial charge in [-0.15, -0.1) is 0 Å². The van der Waals surface area contributed by atoms with Crippen LogP contribution in [0.1, 0.15) is 71.8 Å². The predicted octanol–water partition coefficient (Wildman–Crippen LogP) is 4.08. The van der Waals surface area contributed by atoms with E-state index < -0.39 is 22.7 Å². The number of ether oxygens (including phenoxy) is 1. The Balaban J connectivity index is 1.47. The molecule has 4 fully saturated rings. The fraction of sp³-hybridized carbons (Fsp3) is 0.680. The maximum atomic E-state index is 13.3. The number of carbonyl (C=O) groups is 2. The van der Waals surface area contributed by atoms with Crippen LogP contribution >= 0.6 is 0 Å². The van der Waals surface area contributed by atoms with E-state index in [-0.39, 0.29) is 11.9 Å². The molecule has 0 spiro atoms. The lowest BCUT2D eigenvalue weighted by Gasteiger charge is -2.58. The van der Waals surface area contributed by atoms with Gasteiger partial charge < -0.3 is 14.7 Å². The second kappa shape index (κ2) is 7.37. The van der Waals surface area contributed by atoms with Gasteiger partial charge in [-0.3, -0.25) is 9.59 Å². The molecule has 164 valence electrons. The van der Waals surface area contributed by atoms with Crippen molar-refractivity contribution in [2.24, 2.45) is 17.3 Å². The molecule has 30 heavy (non-hydrogen) atoms. The van der Waals surface area contributed by atoms with Gasteiger partial charge in [0, 0.05) is 12.1 Å². The zero-order chi connectivity index (χ0) is 21.7. The van der Waals surface area contributed by atoms with Crippen LogP contribution in [0.3, 0.4) is 0 Å². The number of aliphatic hydroxyl groups is 1. The molecule has 1 aromatic carbocycles. The molecule has 1 aromatic rings. The molecule has 0 radical (unpaired) electrons. The molecular weight excluding hydrogens is 378 g/mol. The minimum Gasteiger partial charge on any atom is -0.452 e. The summed E-state index contributed by atoms with van der Waals surface area (Å²) in [5, 5.41) is 10.9. The topological polar surface area (TPSA) is 66.8 Å². The largest absolute Gasteiger partial charge is 0.452 e. The van der Waals surface area contributed by atoms with Gasteiger partial charge in [0.05, 0.1) is 11.0 Å². The summed E-state index contributed by atoms with van der Waals surface area (Å²) in [6.45, 7) is 8.14. The van der Waals surface area contributed by atoms with Gasteiger partial charge in [0.25, 0.3) is 5.91 Å². The van der Waals surface area contributed by atoms with Crippen LogP contribution in [-0.2, 0) is 20.9 Å². The Hall–Kier alpha value is -1.88. The Labute approximate surface area is 179 Å². The van der Waals surface area contributed by atoms with Crippen LogP contribution in [0.25, 0.3) is 0 Å². The van der Waals surface area contributed by atoms with Crippen molar-refractivity contribution in [1.29, 1.82) is 0 Å². The molecule has 5 rings (SSSR count). The summed E-state index contributed by atoms with van der Waals surface area (Å²) in [4.78, 5) is 28.4. The second-order valence-corrected chi connectivity index (χ2v) is 11.1. The van der Waals surface area contributed by atoms with Crippen LogP contribution in [0.4, 0.5) is 0 Å². The molecule has 5 nitrogen and oxygen atoms in total. The molecule has 0 aromatic heterocycles. The minimum atomic E-state index is -0.844. The van der Waals surface area contributed by atoms with Crippen molar-refractivity contribution in [3.63, 3.8) is 0 Å². The highest BCUT2D eigenvalue weighted by atomic mass is 16.5. The van der Waals surface area contributed by atoms with Gasteiger partial charge in [0.2, 0.25) is 0 Å². The third kappa shape index (κ3) is 4.01. The lowest BCUT2D eigenvalue weighted by atomic mass is 9.48. The van der Waals surface area contributed by atoms with Gasteiger partial charge in [0.1, 0.15) is 0 Å². The lowest BCUT2D eigenvalue weighted by Crippen LogP contribution is -2.59. The average Bonchev–Trinajstić information content (AvgIpc) is 2.63. The quantitative estimate of drug-likeness (QED) is 0.739. The third-order valence-electron chi connectivity index (χ3n) is 7.35. The van der Waals surface area contributed by atoms with Crippen LogP contribution < -0.4 is 0 Å². The molecule has 2 unspecified atom stereocenters. The first kappa shape index (κ1) is 21.4. The van der Waals surface area contributed by atoms with Crippen LogP contribution in [0.2, 0.25) is 0 Å². The number of rotatable bonds is 5. The molecule has 5 atom stereocenters. The van der Waals surface area contributed by atoms with Crippen molar-refractivity contribution in [3.05, 3.63) is 35.9 Å². The fourth-order valence-electron chi connectivity index (χ4n) is 6.42. The number of hydrogen-bond donors (Lipinski definition) is 1. The molecule has 4 aliphatic carbocycles. The smallest absolute Gasteiger partial charge is 0.312 e. The number of esters is 1. The molecule has 0 heterocycles. The molecule has 0 saturated heterocycles. The summed E-state index contributed by atoms with van der Waals surface area (Å²) < 4.78 is 5.81. The fourth-order valence-corrected chi connectivity index (χ4v) is 6.42. The molecular formula is C25H35NO4. The molecule has 5 heteroatoms. The summed E-state index contributed by atoms with van der Waals surface area (Å²) >= 11 is 0. The van der Waals surface area contributed by atoms with Crippen molar-refractivity contribution in [1.82, 2.24) is 4.90 Å². The Morgan fingerprint density at radius 3 is 2.27 bits per heavy atom. The van der Waals surface area contributed by atoms with E-state index in [9.17, 15) is 14.7 Å². The Kier molecular flexibility index (Phi) is 5.24. The number of nitrogens with zero attached hydrogens (tertiary/aromatic N) is 1. The van der Waals surface area contributed by atoms with Crippen LogP contribution in [0.15, 0.2) is 30.3 Å². The standard InChI is InChI=1S/C25H35NO4/c1-17(21(27)26(23(2,3)4)15-18-8-6-5-7-9-18)30-22(28)24-11-19-10-20(12-24)14-25(29,13-19)16-24/h5-9,17,19-20,29H,10-16H2,1-4H3/t17-,19-,20+,24?,25?/m1/s1. The first-order valence-corrected chi connectivity index (χ1v) is 11.3. The van der Waals surface area contributed by atoms with E-state index >= 15 is 0 Å². The van der Waals surface area contributed by atoms with Gasteiger partial charge in [-0.05, 0) is 83.6 Å². The van der Waals surface area contributed by atoms with Crippen molar-refractivity contribution in [2.45, 2.75) is 90.0 Å². The number of benzene rings is 1. The van der Waals surface area contributed by atoms with E-state index in [0.717, 1.165) is 37.7 Å². The zero-order valence-electron chi connectivity index (χ0n) is 18.7. The Morgan fingerprint density at radius 2 is 1.73 bits per heavy atom. The van der Waals surface area contributed by atoms with E-state index in [2.05, 4.69) is 0 Å². The van der Waals surface area contributed by atoms with Gasteiger partial charge >= 0.3 is 5.97 Å². The minimum absolute atomic E-state index is 0.178. The van der Waals surface area contributed by atoms with E-state index in [0.29, 0.717) is 24.8 Å². The van der Waals surface area contributed by atoms with Gasteiger partial charge in [-0.2, -0.15) is 0 Å². The normalized spacial score (nSPS) is 33.2. The number of amides is 1. The summed E-state index contributed by atoms with van der Waals surface area (Å²) in [6, 6.07) is 9.87. The molecule has 4 saturated carbocycles. The highest BCUT2D eigenvalue weighted by molar-refractivity contribution is 5.86. The highest BCUT2D eigenvalue weighted by Crippen LogP contribution is 2.62. The monoisotopic (exact) mass is 413 g/mol. The van der Waals surface area contributed by atoms with E-state index in [1.807, 2.05) is 51.1 Å². The summed E-state index contributed by atoms with van der Waals surface area (Å²) in [5.74, 6) is 0.338. The molecule has 4 aliphatic rings. The van der Waals surface area contributed by atoms with Crippen LogP contribution in [0, 0.1) is 17.3 Å². The zero-order valence-corrected chi connectivity index (χ0v) is 18.7. The second-order valence-electron chi connectivity index (χ2n) is 11.1. The van der Waals surface area contributed by atoms with Crippen LogP contribution in [0.5, 0.6) is 0 Å². The maximum Gasteiger partial charge on any atom is 0.312 e. The van der Waals surface area contributed by atoms with Crippen molar-refractivity contribution < 1.29 is 19.4 Å². The molecule has 1 amide bonds. The van der Waals surface area contributed by atoms with Gasteiger partial charge in [0.15, 0.2) is 6.10 Å². The lowest BCUT2D eigenvalue weighted by molar-refractivity contribution is -0.201. The molecule has 1 N–H and O–H groups in total. The van der Waals surface area contributed by atoms with Crippen molar-refractivity contribution >= 4 is 11.9 Å². The predicted molar refractivity (Wildman–Crippen MR) is 114 cm³/mol. The first-order valence-electron chi connectivity index (χ1n) is 11.3.